The Balaban J connectivity index is 2.09. The molecule has 1 fully saturated rings. The molecule has 0 spiro atoms. The summed E-state index contributed by atoms with van der Waals surface area (Å²) in [5.41, 5.74) is 4.85. The molecule has 1 heterocycles. The van der Waals surface area contributed by atoms with Crippen molar-refractivity contribution in [1.82, 2.24) is 16.0 Å². The predicted octanol–water partition coefficient (Wildman–Crippen LogP) is -2.24. The van der Waals surface area contributed by atoms with Crippen LogP contribution < -0.4 is 21.7 Å². The van der Waals surface area contributed by atoms with E-state index < -0.39 is 12.1 Å². The second kappa shape index (κ2) is 6.20. The van der Waals surface area contributed by atoms with Crippen LogP contribution in [0.2, 0.25) is 0 Å². The van der Waals surface area contributed by atoms with Crippen molar-refractivity contribution < 1.29 is 14.3 Å². The molecule has 0 bridgehead atoms. The third-order valence-electron chi connectivity index (χ3n) is 1.94. The highest BCUT2D eigenvalue weighted by atomic mass is 16.5. The fourth-order valence-corrected chi connectivity index (χ4v) is 1.22. The molecule has 0 aromatic carbocycles. The summed E-state index contributed by atoms with van der Waals surface area (Å²) in [6, 6.07) is -0.597. The van der Waals surface area contributed by atoms with Crippen LogP contribution >= 0.6 is 0 Å². The zero-order chi connectivity index (χ0) is 11.1. The van der Waals surface area contributed by atoms with Gasteiger partial charge < -0.3 is 26.4 Å². The van der Waals surface area contributed by atoms with Crippen LogP contribution in [0.3, 0.4) is 0 Å². The Hall–Kier alpha value is -1.34. The van der Waals surface area contributed by atoms with Crippen molar-refractivity contribution in [2.45, 2.75) is 6.10 Å². The SMILES string of the molecule is NC(=O)NCCNC(=O)C1CNCCO1. The highest BCUT2D eigenvalue weighted by Crippen LogP contribution is 1.94. The van der Waals surface area contributed by atoms with Crippen molar-refractivity contribution in [3.63, 3.8) is 0 Å². The highest BCUT2D eigenvalue weighted by Gasteiger charge is 2.20. The van der Waals surface area contributed by atoms with E-state index in [2.05, 4.69) is 16.0 Å². The van der Waals surface area contributed by atoms with Gasteiger partial charge in [-0.1, -0.05) is 0 Å². The molecule has 15 heavy (non-hydrogen) atoms. The normalized spacial score (nSPS) is 20.7. The minimum Gasteiger partial charge on any atom is -0.366 e. The van der Waals surface area contributed by atoms with Crippen molar-refractivity contribution >= 4 is 11.9 Å². The Bertz CT molecular complexity index is 228. The topological polar surface area (TPSA) is 105 Å². The molecule has 1 atom stereocenters. The molecule has 3 amide bonds. The van der Waals surface area contributed by atoms with Gasteiger partial charge >= 0.3 is 6.03 Å². The van der Waals surface area contributed by atoms with E-state index in [0.29, 0.717) is 26.2 Å². The average Bonchev–Trinajstić information content (AvgIpc) is 2.25. The number of morpholine rings is 1. The summed E-state index contributed by atoms with van der Waals surface area (Å²) in [4.78, 5) is 21.7. The molecule has 1 rings (SSSR count). The molecule has 7 nitrogen and oxygen atoms in total. The number of primary amides is 1. The molecule has 0 aliphatic carbocycles. The Labute approximate surface area is 87.7 Å². The summed E-state index contributed by atoms with van der Waals surface area (Å²) in [7, 11) is 0. The first-order valence-electron chi connectivity index (χ1n) is 4.83. The largest absolute Gasteiger partial charge is 0.366 e. The van der Waals surface area contributed by atoms with E-state index in [0.717, 1.165) is 6.54 Å². The van der Waals surface area contributed by atoms with E-state index >= 15 is 0 Å². The molecule has 86 valence electrons. The number of nitrogens with two attached hydrogens (primary N) is 1. The second-order valence-corrected chi connectivity index (χ2v) is 3.15. The van der Waals surface area contributed by atoms with Gasteiger partial charge in [-0.3, -0.25) is 4.79 Å². The predicted molar refractivity (Wildman–Crippen MR) is 53.2 cm³/mol. The standard InChI is InChI=1S/C8H16N4O3/c9-8(14)12-2-1-11-7(13)6-5-10-3-4-15-6/h6,10H,1-5H2,(H,11,13)(H3,9,12,14). The maximum absolute atomic E-state index is 11.4. The molecular formula is C8H16N4O3. The van der Waals surface area contributed by atoms with Crippen molar-refractivity contribution in [2.75, 3.05) is 32.8 Å². The molecular weight excluding hydrogens is 200 g/mol. The summed E-state index contributed by atoms with van der Waals surface area (Å²) in [6.45, 7) is 2.50. The number of hydrogen-bond donors (Lipinski definition) is 4. The van der Waals surface area contributed by atoms with E-state index in [1.54, 1.807) is 0 Å². The lowest BCUT2D eigenvalue weighted by Gasteiger charge is -2.22. The van der Waals surface area contributed by atoms with Crippen LogP contribution in [0.5, 0.6) is 0 Å². The quantitative estimate of drug-likeness (QED) is 0.399. The zero-order valence-electron chi connectivity index (χ0n) is 8.41. The molecule has 1 aliphatic heterocycles. The molecule has 1 saturated heterocycles. The van der Waals surface area contributed by atoms with Crippen LogP contribution in [-0.2, 0) is 9.53 Å². The van der Waals surface area contributed by atoms with Gasteiger partial charge in [-0.2, -0.15) is 0 Å². The number of amides is 3. The van der Waals surface area contributed by atoms with E-state index in [4.69, 9.17) is 10.5 Å². The number of rotatable bonds is 4. The Morgan fingerprint density at radius 2 is 2.13 bits per heavy atom. The zero-order valence-corrected chi connectivity index (χ0v) is 8.41. The minimum atomic E-state index is -0.597. The minimum absolute atomic E-state index is 0.173. The Morgan fingerprint density at radius 1 is 1.40 bits per heavy atom. The van der Waals surface area contributed by atoms with Crippen LogP contribution in [-0.4, -0.2) is 50.8 Å². The van der Waals surface area contributed by atoms with Gasteiger partial charge in [0.15, 0.2) is 0 Å². The van der Waals surface area contributed by atoms with Crippen LogP contribution in [0, 0.1) is 0 Å². The van der Waals surface area contributed by atoms with Crippen LogP contribution in [0.25, 0.3) is 0 Å². The second-order valence-electron chi connectivity index (χ2n) is 3.15. The van der Waals surface area contributed by atoms with E-state index in [-0.39, 0.29) is 5.91 Å². The smallest absolute Gasteiger partial charge is 0.312 e. The molecule has 7 heteroatoms. The van der Waals surface area contributed by atoms with Crippen molar-refractivity contribution in [1.29, 1.82) is 0 Å². The lowest BCUT2D eigenvalue weighted by atomic mass is 10.3. The first-order chi connectivity index (χ1) is 7.20. The number of hydrogen-bond acceptors (Lipinski definition) is 4. The van der Waals surface area contributed by atoms with E-state index in [1.807, 2.05) is 0 Å². The first-order valence-corrected chi connectivity index (χ1v) is 4.83. The Morgan fingerprint density at radius 3 is 2.73 bits per heavy atom. The van der Waals surface area contributed by atoms with Crippen LogP contribution in [0.15, 0.2) is 0 Å². The first kappa shape index (κ1) is 11.7. The van der Waals surface area contributed by atoms with Crippen LogP contribution in [0.1, 0.15) is 0 Å². The summed E-state index contributed by atoms with van der Waals surface area (Å²) < 4.78 is 5.23. The molecule has 0 aromatic heterocycles. The lowest BCUT2D eigenvalue weighted by molar-refractivity contribution is -0.134. The maximum atomic E-state index is 11.4. The van der Waals surface area contributed by atoms with Gasteiger partial charge in [-0.25, -0.2) is 4.79 Å². The number of carbonyl (C=O) groups is 2. The number of ether oxygens (including phenoxy) is 1. The fourth-order valence-electron chi connectivity index (χ4n) is 1.22. The Kier molecular flexibility index (Phi) is 4.85. The molecule has 0 aromatic rings. The lowest BCUT2D eigenvalue weighted by Crippen LogP contribution is -2.49. The molecule has 1 unspecified atom stereocenters. The average molecular weight is 216 g/mol. The summed E-state index contributed by atoms with van der Waals surface area (Å²) in [5.74, 6) is -0.173. The van der Waals surface area contributed by atoms with Gasteiger partial charge in [0.25, 0.3) is 5.91 Å². The summed E-state index contributed by atoms with van der Waals surface area (Å²) in [6.07, 6.45) is -0.438. The maximum Gasteiger partial charge on any atom is 0.312 e. The van der Waals surface area contributed by atoms with Crippen molar-refractivity contribution in [3.8, 4) is 0 Å². The molecule has 0 saturated carbocycles. The number of carbonyl (C=O) groups excluding carboxylic acids is 2. The van der Waals surface area contributed by atoms with E-state index in [9.17, 15) is 9.59 Å². The summed E-state index contributed by atoms with van der Waals surface area (Å²) >= 11 is 0. The van der Waals surface area contributed by atoms with Gasteiger partial charge in [-0.15, -0.1) is 0 Å². The monoisotopic (exact) mass is 216 g/mol. The van der Waals surface area contributed by atoms with Gasteiger partial charge in [-0.05, 0) is 0 Å². The number of nitrogens with one attached hydrogen (secondary N) is 3. The van der Waals surface area contributed by atoms with Crippen molar-refractivity contribution in [3.05, 3.63) is 0 Å². The highest BCUT2D eigenvalue weighted by molar-refractivity contribution is 5.81. The van der Waals surface area contributed by atoms with Gasteiger partial charge in [0, 0.05) is 26.2 Å². The summed E-state index contributed by atoms with van der Waals surface area (Å²) in [5, 5.41) is 8.05. The molecule has 1 aliphatic rings. The van der Waals surface area contributed by atoms with Gasteiger partial charge in [0.2, 0.25) is 0 Å². The van der Waals surface area contributed by atoms with Crippen molar-refractivity contribution in [2.24, 2.45) is 5.73 Å². The van der Waals surface area contributed by atoms with Crippen LogP contribution in [0.4, 0.5) is 4.79 Å². The van der Waals surface area contributed by atoms with E-state index in [1.165, 1.54) is 0 Å². The fraction of sp³-hybridized carbons (Fsp3) is 0.750. The molecule has 5 N–H and O–H groups in total. The molecule has 0 radical (unpaired) electrons. The van der Waals surface area contributed by atoms with Gasteiger partial charge in [0.1, 0.15) is 6.10 Å². The third-order valence-corrected chi connectivity index (χ3v) is 1.94. The number of urea groups is 1. The van der Waals surface area contributed by atoms with Gasteiger partial charge in [0.05, 0.1) is 6.61 Å². The third kappa shape index (κ3) is 4.61.